The third-order valence-electron chi connectivity index (χ3n) is 4.64. The standard InChI is InChI=1S/C19H19N5O2/c25-12-19(6-2-3-7-19)23-18(26)14-9-16-17(21-10-14)24(13-22-16)11-15-5-1-4-8-20-15/h1-5,8-10,13,25H,6-7,11-12H2,(H,23,26). The van der Waals surface area contributed by atoms with E-state index in [-0.39, 0.29) is 12.5 Å². The summed E-state index contributed by atoms with van der Waals surface area (Å²) in [4.78, 5) is 25.7. The summed E-state index contributed by atoms with van der Waals surface area (Å²) in [6.45, 7) is 0.468. The molecule has 0 radical (unpaired) electrons. The van der Waals surface area contributed by atoms with Gasteiger partial charge in [-0.05, 0) is 31.0 Å². The molecule has 4 rings (SSSR count). The van der Waals surface area contributed by atoms with Crippen molar-refractivity contribution >= 4 is 17.1 Å². The van der Waals surface area contributed by atoms with E-state index in [9.17, 15) is 9.90 Å². The van der Waals surface area contributed by atoms with E-state index in [2.05, 4.69) is 20.3 Å². The second kappa shape index (κ2) is 6.68. The van der Waals surface area contributed by atoms with Crippen LogP contribution in [-0.4, -0.2) is 42.7 Å². The molecule has 0 unspecified atom stereocenters. The van der Waals surface area contributed by atoms with Gasteiger partial charge >= 0.3 is 0 Å². The van der Waals surface area contributed by atoms with Gasteiger partial charge in [-0.3, -0.25) is 9.78 Å². The second-order valence-electron chi connectivity index (χ2n) is 6.53. The predicted molar refractivity (Wildman–Crippen MR) is 96.5 cm³/mol. The number of nitrogens with one attached hydrogen (secondary N) is 1. The van der Waals surface area contributed by atoms with Crippen molar-refractivity contribution in [3.05, 3.63) is 66.4 Å². The first-order valence-corrected chi connectivity index (χ1v) is 8.48. The number of aliphatic hydroxyl groups is 1. The lowest BCUT2D eigenvalue weighted by Crippen LogP contribution is -2.49. The summed E-state index contributed by atoms with van der Waals surface area (Å²) in [6.07, 6.45) is 10.2. The molecule has 1 amide bonds. The third-order valence-corrected chi connectivity index (χ3v) is 4.64. The number of hydrogen-bond acceptors (Lipinski definition) is 5. The average Bonchev–Trinajstić information content (AvgIpc) is 3.30. The lowest BCUT2D eigenvalue weighted by atomic mass is 9.97. The van der Waals surface area contributed by atoms with Crippen LogP contribution < -0.4 is 5.32 Å². The second-order valence-corrected chi connectivity index (χ2v) is 6.53. The van der Waals surface area contributed by atoms with Crippen LogP contribution in [0.2, 0.25) is 0 Å². The van der Waals surface area contributed by atoms with Crippen molar-refractivity contribution in [2.45, 2.75) is 24.9 Å². The number of hydrogen-bond donors (Lipinski definition) is 2. The number of imidazole rings is 1. The maximum absolute atomic E-state index is 12.6. The van der Waals surface area contributed by atoms with E-state index < -0.39 is 5.54 Å². The number of aromatic nitrogens is 4. The molecule has 0 aliphatic heterocycles. The number of carbonyl (C=O) groups excluding carboxylic acids is 1. The highest BCUT2D eigenvalue weighted by atomic mass is 16.3. The largest absolute Gasteiger partial charge is 0.394 e. The first-order valence-electron chi connectivity index (χ1n) is 8.48. The highest BCUT2D eigenvalue weighted by molar-refractivity contribution is 5.96. The summed E-state index contributed by atoms with van der Waals surface area (Å²) >= 11 is 0. The Morgan fingerprint density at radius 3 is 2.81 bits per heavy atom. The number of aliphatic hydroxyl groups excluding tert-OH is 1. The first kappa shape index (κ1) is 16.4. The molecule has 3 heterocycles. The number of pyridine rings is 2. The minimum absolute atomic E-state index is 0.0971. The van der Waals surface area contributed by atoms with Gasteiger partial charge in [-0.2, -0.15) is 0 Å². The first-order chi connectivity index (χ1) is 12.7. The van der Waals surface area contributed by atoms with E-state index in [0.29, 0.717) is 36.1 Å². The van der Waals surface area contributed by atoms with Crippen molar-refractivity contribution in [2.24, 2.45) is 0 Å². The van der Waals surface area contributed by atoms with E-state index in [1.807, 2.05) is 34.9 Å². The van der Waals surface area contributed by atoms with Gasteiger partial charge in [0.2, 0.25) is 0 Å². The van der Waals surface area contributed by atoms with Crippen LogP contribution in [0.4, 0.5) is 0 Å². The van der Waals surface area contributed by atoms with E-state index in [4.69, 9.17) is 0 Å². The molecule has 0 spiro atoms. The molecule has 26 heavy (non-hydrogen) atoms. The van der Waals surface area contributed by atoms with Gasteiger partial charge in [0.1, 0.15) is 5.52 Å². The van der Waals surface area contributed by atoms with Crippen LogP contribution in [0.15, 0.2) is 55.1 Å². The molecule has 7 nitrogen and oxygen atoms in total. The van der Waals surface area contributed by atoms with Crippen LogP contribution in [0.1, 0.15) is 28.9 Å². The van der Waals surface area contributed by atoms with Gasteiger partial charge in [0.15, 0.2) is 5.65 Å². The van der Waals surface area contributed by atoms with Crippen molar-refractivity contribution in [2.75, 3.05) is 6.61 Å². The lowest BCUT2D eigenvalue weighted by Gasteiger charge is -2.27. The van der Waals surface area contributed by atoms with Crippen molar-refractivity contribution in [3.63, 3.8) is 0 Å². The number of nitrogens with zero attached hydrogens (tertiary/aromatic N) is 4. The van der Waals surface area contributed by atoms with Crippen molar-refractivity contribution in [3.8, 4) is 0 Å². The molecular formula is C19H19N5O2. The topological polar surface area (TPSA) is 92.9 Å². The average molecular weight is 349 g/mol. The van der Waals surface area contributed by atoms with Crippen LogP contribution in [0, 0.1) is 0 Å². The number of fused-ring (bicyclic) bond motifs is 1. The maximum Gasteiger partial charge on any atom is 0.253 e. The Morgan fingerprint density at radius 1 is 1.23 bits per heavy atom. The molecule has 0 atom stereocenters. The Morgan fingerprint density at radius 2 is 2.08 bits per heavy atom. The van der Waals surface area contributed by atoms with E-state index in [0.717, 1.165) is 5.69 Å². The zero-order valence-electron chi connectivity index (χ0n) is 14.2. The zero-order valence-corrected chi connectivity index (χ0v) is 14.2. The summed E-state index contributed by atoms with van der Waals surface area (Å²) in [5.41, 5.74) is 2.09. The Balaban J connectivity index is 1.56. The van der Waals surface area contributed by atoms with Gasteiger partial charge in [0, 0.05) is 12.4 Å². The number of carbonyl (C=O) groups is 1. The van der Waals surface area contributed by atoms with Gasteiger partial charge in [-0.1, -0.05) is 18.2 Å². The van der Waals surface area contributed by atoms with Crippen LogP contribution in [-0.2, 0) is 6.54 Å². The minimum atomic E-state index is -0.607. The molecule has 0 bridgehead atoms. The van der Waals surface area contributed by atoms with Crippen LogP contribution >= 0.6 is 0 Å². The van der Waals surface area contributed by atoms with Crippen LogP contribution in [0.5, 0.6) is 0 Å². The third kappa shape index (κ3) is 3.09. The van der Waals surface area contributed by atoms with Crippen molar-refractivity contribution in [1.82, 2.24) is 24.8 Å². The molecule has 0 aromatic carbocycles. The summed E-state index contributed by atoms with van der Waals surface area (Å²) in [6, 6.07) is 7.47. The summed E-state index contributed by atoms with van der Waals surface area (Å²) < 4.78 is 1.90. The lowest BCUT2D eigenvalue weighted by molar-refractivity contribution is 0.0845. The molecule has 1 aliphatic rings. The summed E-state index contributed by atoms with van der Waals surface area (Å²) in [5, 5.41) is 12.6. The molecule has 7 heteroatoms. The monoisotopic (exact) mass is 349 g/mol. The fourth-order valence-electron chi connectivity index (χ4n) is 3.14. The zero-order chi connectivity index (χ0) is 18.0. The van der Waals surface area contributed by atoms with Gasteiger partial charge in [0.25, 0.3) is 5.91 Å². The van der Waals surface area contributed by atoms with Gasteiger partial charge in [0.05, 0.1) is 36.3 Å². The Labute approximate surface area is 150 Å². The fourth-order valence-corrected chi connectivity index (χ4v) is 3.14. The highest BCUT2D eigenvalue weighted by Gasteiger charge is 2.32. The Bertz CT molecular complexity index is 956. The van der Waals surface area contributed by atoms with Crippen LogP contribution in [0.3, 0.4) is 0 Å². The molecule has 0 saturated heterocycles. The smallest absolute Gasteiger partial charge is 0.253 e. The minimum Gasteiger partial charge on any atom is -0.394 e. The van der Waals surface area contributed by atoms with E-state index >= 15 is 0 Å². The molecule has 0 fully saturated rings. The van der Waals surface area contributed by atoms with Crippen molar-refractivity contribution < 1.29 is 9.90 Å². The van der Waals surface area contributed by atoms with Gasteiger partial charge < -0.3 is 15.0 Å². The predicted octanol–water partition coefficient (Wildman–Crippen LogP) is 1.69. The normalized spacial score (nSPS) is 15.4. The van der Waals surface area contributed by atoms with E-state index in [1.165, 1.54) is 0 Å². The molecule has 0 saturated carbocycles. The molecule has 2 N–H and O–H groups in total. The Kier molecular flexibility index (Phi) is 4.22. The molecule has 132 valence electrons. The molecule has 3 aromatic heterocycles. The highest BCUT2D eigenvalue weighted by Crippen LogP contribution is 2.24. The maximum atomic E-state index is 12.6. The van der Waals surface area contributed by atoms with Crippen LogP contribution in [0.25, 0.3) is 11.2 Å². The fraction of sp³-hybridized carbons (Fsp3) is 0.263. The van der Waals surface area contributed by atoms with Gasteiger partial charge in [-0.25, -0.2) is 9.97 Å². The van der Waals surface area contributed by atoms with Crippen molar-refractivity contribution in [1.29, 1.82) is 0 Å². The van der Waals surface area contributed by atoms with E-state index in [1.54, 1.807) is 24.8 Å². The molecular weight excluding hydrogens is 330 g/mol. The number of rotatable bonds is 5. The number of amides is 1. The molecule has 1 aliphatic carbocycles. The SMILES string of the molecule is O=C(NC1(CO)CC=CC1)c1cnc2c(c1)ncn2Cc1ccccn1. The quantitative estimate of drug-likeness (QED) is 0.684. The van der Waals surface area contributed by atoms with Gasteiger partial charge in [-0.15, -0.1) is 0 Å². The molecule has 3 aromatic rings. The Hall–Kier alpha value is -3.06. The summed E-state index contributed by atoms with van der Waals surface area (Å²) in [5.74, 6) is -0.253. The summed E-state index contributed by atoms with van der Waals surface area (Å²) in [7, 11) is 0.